The van der Waals surface area contributed by atoms with Gasteiger partial charge in [0.25, 0.3) is 0 Å². The van der Waals surface area contributed by atoms with Crippen molar-refractivity contribution >= 4 is 32.4 Å². The third-order valence-corrected chi connectivity index (χ3v) is 8.83. The first kappa shape index (κ1) is 24.5. The molecule has 0 spiro atoms. The minimum Gasteiger partial charge on any atom is -0.379 e. The minimum absolute atomic E-state index is 0.117. The first-order valence-electron chi connectivity index (χ1n) is 11.4. The molecule has 0 unspecified atom stereocenters. The quantitative estimate of drug-likeness (QED) is 0.492. The predicted octanol–water partition coefficient (Wildman–Crippen LogP) is 4.53. The van der Waals surface area contributed by atoms with E-state index in [1.165, 1.54) is 15.6 Å². The lowest BCUT2D eigenvalue weighted by molar-refractivity contribution is -0.116. The standard InChI is InChI=1S/C25H29N3O4S2/c1-18(2)24-23(20-6-4-3-5-7-20)27-25(33-24)26-22(29)13-10-19-8-11-21(12-9-19)34(30,31)28-14-16-32-17-15-28/h3-9,11-12,18H,10,13-17H2,1-2H3,(H,26,27,29). The zero-order valence-electron chi connectivity index (χ0n) is 19.4. The number of morpholine rings is 1. The molecule has 0 bridgehead atoms. The van der Waals surface area contributed by atoms with Crippen LogP contribution in [0.1, 0.15) is 36.6 Å². The largest absolute Gasteiger partial charge is 0.379 e. The Morgan fingerprint density at radius 1 is 1.09 bits per heavy atom. The Labute approximate surface area is 204 Å². The number of nitrogens with one attached hydrogen (secondary N) is 1. The molecule has 180 valence electrons. The maximum Gasteiger partial charge on any atom is 0.243 e. The van der Waals surface area contributed by atoms with E-state index in [4.69, 9.17) is 4.74 Å². The number of aryl methyl sites for hydroxylation is 1. The molecule has 1 amide bonds. The summed E-state index contributed by atoms with van der Waals surface area (Å²) in [6.07, 6.45) is 0.796. The molecule has 3 aromatic rings. The number of thiazole rings is 1. The number of anilines is 1. The molecule has 9 heteroatoms. The van der Waals surface area contributed by atoms with Crippen LogP contribution in [-0.2, 0) is 26.0 Å². The highest BCUT2D eigenvalue weighted by Crippen LogP contribution is 2.36. The van der Waals surface area contributed by atoms with Gasteiger partial charge in [0.05, 0.1) is 23.8 Å². The number of amides is 1. The van der Waals surface area contributed by atoms with Gasteiger partial charge in [-0.1, -0.05) is 56.3 Å². The SMILES string of the molecule is CC(C)c1sc(NC(=O)CCc2ccc(S(=O)(=O)N3CCOCC3)cc2)nc1-c1ccccc1. The molecule has 7 nitrogen and oxygen atoms in total. The van der Waals surface area contributed by atoms with Crippen molar-refractivity contribution in [1.82, 2.24) is 9.29 Å². The molecule has 1 aromatic heterocycles. The van der Waals surface area contributed by atoms with E-state index >= 15 is 0 Å². The van der Waals surface area contributed by atoms with Gasteiger partial charge in [-0.05, 0) is 30.0 Å². The van der Waals surface area contributed by atoms with Crippen molar-refractivity contribution in [1.29, 1.82) is 0 Å². The van der Waals surface area contributed by atoms with Gasteiger partial charge >= 0.3 is 0 Å². The average Bonchev–Trinajstić information content (AvgIpc) is 3.28. The molecule has 34 heavy (non-hydrogen) atoms. The van der Waals surface area contributed by atoms with Gasteiger partial charge in [0.2, 0.25) is 15.9 Å². The zero-order chi connectivity index (χ0) is 24.1. The van der Waals surface area contributed by atoms with Crippen LogP contribution < -0.4 is 5.32 Å². The number of carbonyl (C=O) groups excluding carboxylic acids is 1. The second-order valence-corrected chi connectivity index (χ2v) is 11.4. The summed E-state index contributed by atoms with van der Waals surface area (Å²) in [5, 5.41) is 3.53. The summed E-state index contributed by atoms with van der Waals surface area (Å²) in [6, 6.07) is 16.7. The lowest BCUT2D eigenvalue weighted by Gasteiger charge is -2.26. The van der Waals surface area contributed by atoms with Crippen LogP contribution in [0.2, 0.25) is 0 Å². The highest BCUT2D eigenvalue weighted by atomic mass is 32.2. The Kier molecular flexibility index (Phi) is 7.77. The van der Waals surface area contributed by atoms with Crippen molar-refractivity contribution in [2.75, 3.05) is 31.6 Å². The third-order valence-electron chi connectivity index (χ3n) is 5.64. The summed E-state index contributed by atoms with van der Waals surface area (Å²) in [6.45, 7) is 5.80. The second-order valence-electron chi connectivity index (χ2n) is 8.46. The maximum absolute atomic E-state index is 12.7. The molecular formula is C25H29N3O4S2. The summed E-state index contributed by atoms with van der Waals surface area (Å²) >= 11 is 1.51. The first-order valence-corrected chi connectivity index (χ1v) is 13.6. The number of sulfonamides is 1. The monoisotopic (exact) mass is 499 g/mol. The van der Waals surface area contributed by atoms with Crippen LogP contribution in [0.3, 0.4) is 0 Å². The minimum atomic E-state index is -3.52. The van der Waals surface area contributed by atoms with Gasteiger partial charge in [-0.3, -0.25) is 4.79 Å². The zero-order valence-corrected chi connectivity index (χ0v) is 21.0. The molecular weight excluding hydrogens is 470 g/mol. The normalized spacial score (nSPS) is 14.9. The van der Waals surface area contributed by atoms with Crippen molar-refractivity contribution in [3.05, 3.63) is 65.0 Å². The van der Waals surface area contributed by atoms with Gasteiger partial charge in [-0.15, -0.1) is 11.3 Å². The number of aromatic nitrogens is 1. The predicted molar refractivity (Wildman–Crippen MR) is 135 cm³/mol. The van der Waals surface area contributed by atoms with Crippen molar-refractivity contribution < 1.29 is 17.9 Å². The van der Waals surface area contributed by atoms with E-state index in [-0.39, 0.29) is 17.2 Å². The average molecular weight is 500 g/mol. The summed E-state index contributed by atoms with van der Waals surface area (Å²) in [5.41, 5.74) is 2.85. The fourth-order valence-electron chi connectivity index (χ4n) is 3.78. The van der Waals surface area contributed by atoms with Crippen LogP contribution in [-0.4, -0.2) is 49.9 Å². The van der Waals surface area contributed by atoms with Gasteiger partial charge in [-0.25, -0.2) is 13.4 Å². The van der Waals surface area contributed by atoms with Gasteiger partial charge in [0, 0.05) is 30.0 Å². The lowest BCUT2D eigenvalue weighted by Crippen LogP contribution is -2.40. The maximum atomic E-state index is 12.7. The number of rotatable bonds is 8. The van der Waals surface area contributed by atoms with E-state index in [9.17, 15) is 13.2 Å². The van der Waals surface area contributed by atoms with Crippen LogP contribution in [0.4, 0.5) is 5.13 Å². The van der Waals surface area contributed by atoms with E-state index in [1.807, 2.05) is 30.3 Å². The van der Waals surface area contributed by atoms with Gasteiger partial charge in [-0.2, -0.15) is 4.31 Å². The summed E-state index contributed by atoms with van der Waals surface area (Å²) in [4.78, 5) is 18.7. The lowest BCUT2D eigenvalue weighted by atomic mass is 10.1. The van der Waals surface area contributed by atoms with E-state index in [0.29, 0.717) is 43.8 Å². The van der Waals surface area contributed by atoms with Crippen LogP contribution in [0.5, 0.6) is 0 Å². The molecule has 0 atom stereocenters. The highest BCUT2D eigenvalue weighted by Gasteiger charge is 2.26. The Bertz CT molecular complexity index is 1220. The molecule has 0 radical (unpaired) electrons. The van der Waals surface area contributed by atoms with E-state index in [1.54, 1.807) is 24.3 Å². The number of benzene rings is 2. The fourth-order valence-corrected chi connectivity index (χ4v) is 6.20. The molecule has 0 aliphatic carbocycles. The number of nitrogens with zero attached hydrogens (tertiary/aromatic N) is 2. The summed E-state index contributed by atoms with van der Waals surface area (Å²) in [7, 11) is -3.52. The van der Waals surface area contributed by atoms with Crippen LogP contribution >= 0.6 is 11.3 Å². The molecule has 1 aliphatic heterocycles. The Morgan fingerprint density at radius 2 is 1.76 bits per heavy atom. The Morgan fingerprint density at radius 3 is 2.41 bits per heavy atom. The van der Waals surface area contributed by atoms with Crippen LogP contribution in [0.15, 0.2) is 59.5 Å². The Hall–Kier alpha value is -2.59. The van der Waals surface area contributed by atoms with Gasteiger partial charge in [0.1, 0.15) is 0 Å². The van der Waals surface area contributed by atoms with Crippen LogP contribution in [0, 0.1) is 0 Å². The molecule has 2 heterocycles. The van der Waals surface area contributed by atoms with E-state index in [2.05, 4.69) is 24.1 Å². The number of ether oxygens (including phenoxy) is 1. The second kappa shape index (κ2) is 10.8. The number of hydrogen-bond donors (Lipinski definition) is 1. The molecule has 1 saturated heterocycles. The molecule has 1 aliphatic rings. The number of hydrogen-bond acceptors (Lipinski definition) is 6. The van der Waals surface area contributed by atoms with Crippen molar-refractivity contribution in [2.24, 2.45) is 0 Å². The van der Waals surface area contributed by atoms with E-state index < -0.39 is 10.0 Å². The molecule has 1 N–H and O–H groups in total. The molecule has 2 aromatic carbocycles. The van der Waals surface area contributed by atoms with Gasteiger partial charge in [0.15, 0.2) is 5.13 Å². The molecule has 1 fully saturated rings. The van der Waals surface area contributed by atoms with E-state index in [0.717, 1.165) is 21.7 Å². The summed E-state index contributed by atoms with van der Waals surface area (Å²) < 4.78 is 32.2. The third kappa shape index (κ3) is 5.72. The first-order chi connectivity index (χ1) is 16.3. The topological polar surface area (TPSA) is 88.6 Å². The smallest absolute Gasteiger partial charge is 0.243 e. The molecule has 4 rings (SSSR count). The highest BCUT2D eigenvalue weighted by molar-refractivity contribution is 7.89. The van der Waals surface area contributed by atoms with Gasteiger partial charge < -0.3 is 10.1 Å². The number of carbonyl (C=O) groups is 1. The van der Waals surface area contributed by atoms with Crippen molar-refractivity contribution in [3.63, 3.8) is 0 Å². The van der Waals surface area contributed by atoms with Crippen molar-refractivity contribution in [2.45, 2.75) is 37.5 Å². The summed E-state index contributed by atoms with van der Waals surface area (Å²) in [5.74, 6) is 0.180. The fraction of sp³-hybridized carbons (Fsp3) is 0.360. The van der Waals surface area contributed by atoms with Crippen LogP contribution in [0.25, 0.3) is 11.3 Å². The van der Waals surface area contributed by atoms with Crippen molar-refractivity contribution in [3.8, 4) is 11.3 Å². The Balaban J connectivity index is 1.37. The molecule has 0 saturated carbocycles.